The second-order valence-corrected chi connectivity index (χ2v) is 10.9. The van der Waals surface area contributed by atoms with Crippen LogP contribution in [0.25, 0.3) is 77.0 Å². The van der Waals surface area contributed by atoms with Gasteiger partial charge in [-0.2, -0.15) is 0 Å². The average molecular weight is 536 g/mol. The van der Waals surface area contributed by atoms with Gasteiger partial charge in [-0.1, -0.05) is 84.9 Å². The number of rotatable bonds is 3. The molecule has 0 aliphatic heterocycles. The molecule has 9 rings (SSSR count). The Morgan fingerprint density at radius 3 is 1.83 bits per heavy atom. The molecular formula is C39H25N3. The summed E-state index contributed by atoms with van der Waals surface area (Å²) in [6.07, 6.45) is 1.85. The molecule has 0 saturated heterocycles. The maximum Gasteiger partial charge on any atom is 0.0701 e. The normalized spacial score (nSPS) is 11.8. The Morgan fingerprint density at radius 1 is 0.405 bits per heavy atom. The van der Waals surface area contributed by atoms with Crippen molar-refractivity contribution in [3.63, 3.8) is 0 Å². The van der Waals surface area contributed by atoms with Crippen LogP contribution in [-0.4, -0.2) is 14.1 Å². The number of benzene rings is 6. The summed E-state index contributed by atoms with van der Waals surface area (Å²) >= 11 is 0. The van der Waals surface area contributed by atoms with Crippen molar-refractivity contribution in [3.8, 4) is 22.6 Å². The van der Waals surface area contributed by atoms with Gasteiger partial charge < -0.3 is 9.13 Å². The van der Waals surface area contributed by atoms with Gasteiger partial charge in [-0.25, -0.2) is 0 Å². The summed E-state index contributed by atoms with van der Waals surface area (Å²) in [5.41, 5.74) is 9.28. The number of para-hydroxylation sites is 3. The number of nitrogens with zero attached hydrogens (tertiary/aromatic N) is 3. The summed E-state index contributed by atoms with van der Waals surface area (Å²) in [5, 5.41) is 7.52. The second-order valence-electron chi connectivity index (χ2n) is 10.9. The second kappa shape index (κ2) is 8.92. The Balaban J connectivity index is 1.38. The highest BCUT2D eigenvalue weighted by atomic mass is 15.0. The zero-order chi connectivity index (χ0) is 27.6. The maximum atomic E-state index is 4.55. The molecule has 0 spiro atoms. The van der Waals surface area contributed by atoms with Gasteiger partial charge in [0.1, 0.15) is 0 Å². The molecule has 0 atom stereocenters. The largest absolute Gasteiger partial charge is 0.309 e. The Morgan fingerprint density at radius 2 is 1.07 bits per heavy atom. The summed E-state index contributed by atoms with van der Waals surface area (Å²) in [7, 11) is 0. The molecule has 3 heterocycles. The van der Waals surface area contributed by atoms with E-state index in [-0.39, 0.29) is 0 Å². The molecule has 9 aromatic rings. The predicted octanol–water partition coefficient (Wildman–Crippen LogP) is 10.1. The van der Waals surface area contributed by atoms with E-state index in [1.54, 1.807) is 0 Å². The lowest BCUT2D eigenvalue weighted by molar-refractivity contribution is 1.18. The molecule has 196 valence electrons. The van der Waals surface area contributed by atoms with Crippen LogP contribution in [0.4, 0.5) is 0 Å². The smallest absolute Gasteiger partial charge is 0.0701 e. The van der Waals surface area contributed by atoms with Gasteiger partial charge in [0.25, 0.3) is 0 Å². The van der Waals surface area contributed by atoms with Crippen molar-refractivity contribution in [3.05, 3.63) is 152 Å². The molecule has 3 nitrogen and oxygen atoms in total. The third kappa shape index (κ3) is 3.31. The minimum Gasteiger partial charge on any atom is -0.309 e. The van der Waals surface area contributed by atoms with E-state index in [1.165, 1.54) is 60.1 Å². The molecule has 0 unspecified atom stereocenters. The number of fused-ring (bicyclic) bond motifs is 8. The molecule has 0 saturated carbocycles. The van der Waals surface area contributed by atoms with Crippen LogP contribution < -0.4 is 0 Å². The quantitative estimate of drug-likeness (QED) is 0.221. The molecule has 6 aromatic carbocycles. The fourth-order valence-corrected chi connectivity index (χ4v) is 6.68. The number of pyridine rings is 1. The minimum atomic E-state index is 0.980. The lowest BCUT2D eigenvalue weighted by Gasteiger charge is -2.12. The van der Waals surface area contributed by atoms with Crippen molar-refractivity contribution in [2.45, 2.75) is 0 Å². The first-order valence-corrected chi connectivity index (χ1v) is 14.3. The Labute approximate surface area is 242 Å². The molecule has 0 radical (unpaired) electrons. The van der Waals surface area contributed by atoms with Crippen molar-refractivity contribution in [1.82, 2.24) is 14.1 Å². The van der Waals surface area contributed by atoms with Gasteiger partial charge in [0.15, 0.2) is 0 Å². The van der Waals surface area contributed by atoms with Gasteiger partial charge in [0.2, 0.25) is 0 Å². The zero-order valence-corrected chi connectivity index (χ0v) is 22.8. The predicted molar refractivity (Wildman–Crippen MR) is 176 cm³/mol. The van der Waals surface area contributed by atoms with Crippen molar-refractivity contribution in [1.29, 1.82) is 0 Å². The monoisotopic (exact) mass is 535 g/mol. The molecular weight excluding hydrogens is 510 g/mol. The first-order chi connectivity index (χ1) is 20.8. The molecule has 3 aromatic heterocycles. The molecule has 0 bridgehead atoms. The fraction of sp³-hybridized carbons (Fsp3) is 0. The molecule has 0 aliphatic rings. The molecule has 0 N–H and O–H groups in total. The summed E-state index contributed by atoms with van der Waals surface area (Å²) < 4.78 is 4.82. The van der Waals surface area contributed by atoms with Gasteiger partial charge in [-0.15, -0.1) is 0 Å². The van der Waals surface area contributed by atoms with E-state index in [0.29, 0.717) is 0 Å². The van der Waals surface area contributed by atoms with Crippen LogP contribution in [0, 0.1) is 0 Å². The molecule has 0 aliphatic carbocycles. The van der Waals surface area contributed by atoms with Crippen LogP contribution in [0.3, 0.4) is 0 Å². The number of aromatic nitrogens is 3. The topological polar surface area (TPSA) is 22.8 Å². The van der Waals surface area contributed by atoms with Crippen molar-refractivity contribution in [2.24, 2.45) is 0 Å². The molecule has 42 heavy (non-hydrogen) atoms. The van der Waals surface area contributed by atoms with Crippen molar-refractivity contribution >= 4 is 54.4 Å². The van der Waals surface area contributed by atoms with E-state index in [0.717, 1.165) is 16.9 Å². The van der Waals surface area contributed by atoms with E-state index >= 15 is 0 Å². The van der Waals surface area contributed by atoms with Crippen LogP contribution in [0.15, 0.2) is 152 Å². The lowest BCUT2D eigenvalue weighted by Crippen LogP contribution is -1.95. The van der Waals surface area contributed by atoms with Gasteiger partial charge >= 0.3 is 0 Å². The Bertz CT molecular complexity index is 2430. The van der Waals surface area contributed by atoms with Gasteiger partial charge in [0.05, 0.1) is 27.8 Å². The van der Waals surface area contributed by atoms with E-state index in [9.17, 15) is 0 Å². The van der Waals surface area contributed by atoms with Crippen molar-refractivity contribution in [2.75, 3.05) is 0 Å². The van der Waals surface area contributed by atoms with Gasteiger partial charge in [-0.3, -0.25) is 4.98 Å². The van der Waals surface area contributed by atoms with E-state index in [2.05, 4.69) is 148 Å². The Kier molecular flexibility index (Phi) is 4.90. The number of hydrogen-bond donors (Lipinski definition) is 0. The SMILES string of the molecule is c1ccc(-n2c3ccccc3c3cc4c(ccc5c6ccccc6n(-c6ccc(-c7ccccn7)cc6)c45)cc32)cc1. The zero-order valence-electron chi connectivity index (χ0n) is 22.8. The minimum absolute atomic E-state index is 0.980. The molecule has 3 heteroatoms. The number of hydrogen-bond acceptors (Lipinski definition) is 1. The average Bonchev–Trinajstić information content (AvgIpc) is 3.57. The molecule has 0 fully saturated rings. The first-order valence-electron chi connectivity index (χ1n) is 14.3. The van der Waals surface area contributed by atoms with Crippen molar-refractivity contribution < 1.29 is 0 Å². The third-order valence-corrected chi connectivity index (χ3v) is 8.54. The maximum absolute atomic E-state index is 4.55. The summed E-state index contributed by atoms with van der Waals surface area (Å²) in [4.78, 5) is 4.55. The highest BCUT2D eigenvalue weighted by Gasteiger charge is 2.18. The highest BCUT2D eigenvalue weighted by Crippen LogP contribution is 2.40. The van der Waals surface area contributed by atoms with Gasteiger partial charge in [-0.05, 0) is 66.0 Å². The molecule has 0 amide bonds. The summed E-state index contributed by atoms with van der Waals surface area (Å²) in [5.74, 6) is 0. The lowest BCUT2D eigenvalue weighted by atomic mass is 10.0. The Hall–Kier alpha value is -5.67. The van der Waals surface area contributed by atoms with Crippen LogP contribution in [0.5, 0.6) is 0 Å². The van der Waals surface area contributed by atoms with Gasteiger partial charge in [0, 0.05) is 50.1 Å². The van der Waals surface area contributed by atoms with Crippen LogP contribution in [-0.2, 0) is 0 Å². The van der Waals surface area contributed by atoms with Crippen LogP contribution in [0.2, 0.25) is 0 Å². The third-order valence-electron chi connectivity index (χ3n) is 8.54. The van der Waals surface area contributed by atoms with E-state index < -0.39 is 0 Å². The van der Waals surface area contributed by atoms with Crippen LogP contribution in [0.1, 0.15) is 0 Å². The van der Waals surface area contributed by atoms with E-state index in [4.69, 9.17) is 0 Å². The first kappa shape index (κ1) is 23.1. The fourth-order valence-electron chi connectivity index (χ4n) is 6.68. The van der Waals surface area contributed by atoms with Crippen LogP contribution >= 0.6 is 0 Å². The summed E-state index contributed by atoms with van der Waals surface area (Å²) in [6, 6.07) is 52.3. The summed E-state index contributed by atoms with van der Waals surface area (Å²) in [6.45, 7) is 0. The van der Waals surface area contributed by atoms with E-state index in [1.807, 2.05) is 18.3 Å². The highest BCUT2D eigenvalue weighted by molar-refractivity contribution is 6.22. The standard InChI is InChI=1S/C39H25N3/c1-2-10-28(11-3-1)41-36-15-6-5-13-31(36)34-25-33-27(24-38(34)41)19-22-32-30-12-4-7-16-37(30)42(39(32)33)29-20-17-26(18-21-29)35-14-8-9-23-40-35/h1-25H.